The summed E-state index contributed by atoms with van der Waals surface area (Å²) in [5.41, 5.74) is -0.699. The van der Waals surface area contributed by atoms with E-state index in [1.165, 1.54) is 25.1 Å². The summed E-state index contributed by atoms with van der Waals surface area (Å²) in [5.74, 6) is -4.01. The minimum absolute atomic E-state index is 0.0995. The van der Waals surface area contributed by atoms with E-state index in [0.717, 1.165) is 32.0 Å². The zero-order valence-corrected chi connectivity index (χ0v) is 19.8. The Labute approximate surface area is 204 Å². The van der Waals surface area contributed by atoms with Gasteiger partial charge in [0.25, 0.3) is 5.92 Å². The number of halogens is 2. The van der Waals surface area contributed by atoms with E-state index >= 15 is 0 Å². The molecule has 2 saturated carbocycles. The Hall–Kier alpha value is -2.80. The average molecular weight is 487 g/mol. The molecule has 1 aromatic rings. The lowest BCUT2D eigenvalue weighted by Gasteiger charge is -2.54. The fraction of sp³-hybridized carbons (Fsp3) is 0.680. The SMILES string of the molecule is N#CC1(NC(=O)[C@H](CC(F)(F)Cc2ccccn2)NC(=O)N2CC3(CCN(C4CC4)CC3)C2)CC1. The zero-order chi connectivity index (χ0) is 24.7. The van der Waals surface area contributed by atoms with E-state index < -0.39 is 42.3 Å². The molecular weight excluding hydrogens is 454 g/mol. The molecule has 2 N–H and O–H groups in total. The van der Waals surface area contributed by atoms with Crippen molar-refractivity contribution in [2.24, 2.45) is 5.41 Å². The summed E-state index contributed by atoms with van der Waals surface area (Å²) >= 11 is 0. The van der Waals surface area contributed by atoms with Crippen molar-refractivity contribution < 1.29 is 18.4 Å². The number of nitrogens with one attached hydrogen (secondary N) is 2. The number of hydrogen-bond donors (Lipinski definition) is 2. The molecule has 2 aliphatic heterocycles. The molecule has 1 aromatic heterocycles. The fourth-order valence-corrected chi connectivity index (χ4v) is 5.33. The first-order valence-electron chi connectivity index (χ1n) is 12.5. The Balaban J connectivity index is 1.20. The predicted molar refractivity (Wildman–Crippen MR) is 123 cm³/mol. The van der Waals surface area contributed by atoms with E-state index in [2.05, 4.69) is 20.5 Å². The van der Waals surface area contributed by atoms with Crippen LogP contribution in [0.5, 0.6) is 0 Å². The van der Waals surface area contributed by atoms with Gasteiger partial charge in [-0.2, -0.15) is 5.26 Å². The number of pyridine rings is 1. The normalized spacial score (nSPS) is 23.6. The van der Waals surface area contributed by atoms with Gasteiger partial charge in [-0.05, 0) is 63.7 Å². The highest BCUT2D eigenvalue weighted by atomic mass is 19.3. The summed E-state index contributed by atoms with van der Waals surface area (Å²) in [6.45, 7) is 3.25. The van der Waals surface area contributed by atoms with Crippen LogP contribution < -0.4 is 10.6 Å². The number of nitriles is 1. The van der Waals surface area contributed by atoms with Crippen molar-refractivity contribution in [2.45, 2.75) is 74.9 Å². The van der Waals surface area contributed by atoms with Crippen LogP contribution in [0.3, 0.4) is 0 Å². The molecule has 0 radical (unpaired) electrons. The lowest BCUT2D eigenvalue weighted by atomic mass is 9.72. The third-order valence-electron chi connectivity index (χ3n) is 7.87. The lowest BCUT2D eigenvalue weighted by molar-refractivity contribution is -0.126. The van der Waals surface area contributed by atoms with E-state index in [1.54, 1.807) is 17.0 Å². The summed E-state index contributed by atoms with van der Waals surface area (Å²) in [5, 5.41) is 14.4. The molecule has 35 heavy (non-hydrogen) atoms. The lowest BCUT2D eigenvalue weighted by Crippen LogP contribution is -2.65. The van der Waals surface area contributed by atoms with E-state index in [4.69, 9.17) is 0 Å². The molecule has 1 spiro atoms. The fourth-order valence-electron chi connectivity index (χ4n) is 5.33. The van der Waals surface area contributed by atoms with Gasteiger partial charge < -0.3 is 20.4 Å². The maximum absolute atomic E-state index is 14.9. The Morgan fingerprint density at radius 2 is 1.91 bits per heavy atom. The van der Waals surface area contributed by atoms with Gasteiger partial charge in [0.1, 0.15) is 11.6 Å². The number of likely N-dealkylation sites (tertiary alicyclic amines) is 2. The molecule has 2 saturated heterocycles. The monoisotopic (exact) mass is 486 g/mol. The van der Waals surface area contributed by atoms with Crippen molar-refractivity contribution in [3.63, 3.8) is 0 Å². The van der Waals surface area contributed by atoms with Crippen LogP contribution in [0.25, 0.3) is 0 Å². The average Bonchev–Trinajstić information content (AvgIpc) is 3.73. The first-order valence-corrected chi connectivity index (χ1v) is 12.5. The Bertz CT molecular complexity index is 989. The Morgan fingerprint density at radius 3 is 2.49 bits per heavy atom. The molecule has 3 amide bonds. The van der Waals surface area contributed by atoms with Crippen LogP contribution in [-0.2, 0) is 11.2 Å². The number of aromatic nitrogens is 1. The van der Waals surface area contributed by atoms with Gasteiger partial charge in [0.2, 0.25) is 5.91 Å². The third kappa shape index (κ3) is 5.56. The predicted octanol–water partition coefficient (Wildman–Crippen LogP) is 2.46. The topological polar surface area (TPSA) is 101 Å². The second-order valence-corrected chi connectivity index (χ2v) is 10.9. The van der Waals surface area contributed by atoms with Gasteiger partial charge >= 0.3 is 6.03 Å². The van der Waals surface area contributed by atoms with Crippen molar-refractivity contribution in [3.8, 4) is 6.07 Å². The maximum atomic E-state index is 14.9. The van der Waals surface area contributed by atoms with Crippen LogP contribution in [0.1, 0.15) is 50.6 Å². The van der Waals surface area contributed by atoms with Gasteiger partial charge in [-0.15, -0.1) is 0 Å². The van der Waals surface area contributed by atoms with Gasteiger partial charge in [-0.25, -0.2) is 13.6 Å². The van der Waals surface area contributed by atoms with Crippen LogP contribution in [0.2, 0.25) is 0 Å². The quantitative estimate of drug-likeness (QED) is 0.588. The molecule has 10 heteroatoms. The second kappa shape index (κ2) is 9.01. The molecular formula is C25H32F2N6O2. The van der Waals surface area contributed by atoms with Gasteiger partial charge in [0, 0.05) is 42.9 Å². The van der Waals surface area contributed by atoms with E-state index in [-0.39, 0.29) is 11.1 Å². The molecule has 3 heterocycles. The van der Waals surface area contributed by atoms with Crippen molar-refractivity contribution in [1.82, 2.24) is 25.4 Å². The number of amides is 3. The van der Waals surface area contributed by atoms with Crippen LogP contribution in [0, 0.1) is 16.7 Å². The number of alkyl halides is 2. The van der Waals surface area contributed by atoms with Crippen LogP contribution in [0.15, 0.2) is 24.4 Å². The molecule has 188 valence electrons. The minimum atomic E-state index is -3.27. The first kappa shape index (κ1) is 23.9. The molecule has 4 aliphatic rings. The molecule has 1 atom stereocenters. The highest BCUT2D eigenvalue weighted by Gasteiger charge is 2.50. The first-order chi connectivity index (χ1) is 16.7. The molecule has 0 unspecified atom stereocenters. The zero-order valence-electron chi connectivity index (χ0n) is 19.8. The number of nitrogens with zero attached hydrogens (tertiary/aromatic N) is 4. The molecule has 8 nitrogen and oxygen atoms in total. The van der Waals surface area contributed by atoms with Gasteiger partial charge in [0.15, 0.2) is 0 Å². The number of piperidine rings is 1. The van der Waals surface area contributed by atoms with Crippen molar-refractivity contribution in [3.05, 3.63) is 30.1 Å². The van der Waals surface area contributed by atoms with Crippen molar-refractivity contribution in [2.75, 3.05) is 26.2 Å². The van der Waals surface area contributed by atoms with Crippen LogP contribution in [0.4, 0.5) is 13.6 Å². The largest absolute Gasteiger partial charge is 0.336 e. The smallest absolute Gasteiger partial charge is 0.318 e. The molecule has 2 aliphatic carbocycles. The summed E-state index contributed by atoms with van der Waals surface area (Å²) in [4.78, 5) is 33.9. The van der Waals surface area contributed by atoms with Gasteiger partial charge in [-0.3, -0.25) is 9.78 Å². The second-order valence-electron chi connectivity index (χ2n) is 10.9. The number of rotatable bonds is 8. The third-order valence-corrected chi connectivity index (χ3v) is 7.87. The van der Waals surface area contributed by atoms with Crippen LogP contribution in [-0.4, -0.2) is 76.4 Å². The van der Waals surface area contributed by atoms with E-state index in [1.807, 2.05) is 6.07 Å². The minimum Gasteiger partial charge on any atom is -0.336 e. The van der Waals surface area contributed by atoms with Crippen LogP contribution >= 0.6 is 0 Å². The standard InChI is InChI=1S/C25H32F2N6O2/c26-25(27,13-18-3-1-2-10-29-18)14-20(21(34)31-24(15-28)6-7-24)30-22(35)33-16-23(17-33)8-11-32(12-9-23)19-4-5-19/h1-3,10,19-20H,4-9,11-14,16-17H2,(H,30,35)(H,31,34)/t20-/m0/s1. The Morgan fingerprint density at radius 1 is 1.20 bits per heavy atom. The number of hydrogen-bond acceptors (Lipinski definition) is 5. The Kier molecular flexibility index (Phi) is 6.16. The van der Waals surface area contributed by atoms with Gasteiger partial charge in [0.05, 0.1) is 12.5 Å². The van der Waals surface area contributed by atoms with E-state index in [0.29, 0.717) is 25.9 Å². The molecule has 0 aromatic carbocycles. The summed E-state index contributed by atoms with van der Waals surface area (Å²) in [6.07, 6.45) is 5.52. The van der Waals surface area contributed by atoms with Gasteiger partial charge in [-0.1, -0.05) is 6.07 Å². The maximum Gasteiger partial charge on any atom is 0.318 e. The number of carbonyl (C=O) groups is 2. The van der Waals surface area contributed by atoms with Crippen molar-refractivity contribution in [1.29, 1.82) is 5.26 Å². The highest BCUT2D eigenvalue weighted by Crippen LogP contribution is 2.43. The number of carbonyl (C=O) groups excluding carboxylic acids is 2. The summed E-state index contributed by atoms with van der Waals surface area (Å²) in [7, 11) is 0. The molecule has 0 bridgehead atoms. The summed E-state index contributed by atoms with van der Waals surface area (Å²) in [6, 6.07) is 5.60. The van der Waals surface area contributed by atoms with Crippen molar-refractivity contribution >= 4 is 11.9 Å². The highest BCUT2D eigenvalue weighted by molar-refractivity contribution is 5.88. The molecule has 4 fully saturated rings. The number of urea groups is 1. The van der Waals surface area contributed by atoms with E-state index in [9.17, 15) is 23.6 Å². The molecule has 5 rings (SSSR count). The summed E-state index contributed by atoms with van der Waals surface area (Å²) < 4.78 is 29.9.